The Hall–Kier alpha value is -0.0800. The van der Waals surface area contributed by atoms with Crippen molar-refractivity contribution in [3.05, 3.63) is 0 Å². The fourth-order valence-corrected chi connectivity index (χ4v) is 2.53. The summed E-state index contributed by atoms with van der Waals surface area (Å²) in [6.45, 7) is 4.00. The fourth-order valence-electron chi connectivity index (χ4n) is 2.53. The highest BCUT2D eigenvalue weighted by Crippen LogP contribution is 2.13. The van der Waals surface area contributed by atoms with E-state index in [4.69, 9.17) is 5.11 Å². The molecule has 0 spiro atoms. The number of aliphatic hydroxyl groups is 2. The second kappa shape index (κ2) is 14.3. The van der Waals surface area contributed by atoms with Crippen LogP contribution < -0.4 is 0 Å². The van der Waals surface area contributed by atoms with E-state index in [1.165, 1.54) is 57.8 Å². The molecule has 0 aromatic heterocycles. The van der Waals surface area contributed by atoms with E-state index < -0.39 is 0 Å². The smallest absolute Gasteiger partial charge is 0.0540 e. The van der Waals surface area contributed by atoms with Gasteiger partial charge in [0.1, 0.15) is 0 Å². The Bertz CT molecular complexity index is 169. The van der Waals surface area contributed by atoms with Gasteiger partial charge in [0.05, 0.1) is 12.2 Å². The molecular weight excluding hydrogens is 236 g/mol. The lowest BCUT2D eigenvalue weighted by molar-refractivity contribution is 0.150. The average Bonchev–Trinajstić information content (AvgIpc) is 2.36. The maximum absolute atomic E-state index is 9.59. The van der Waals surface area contributed by atoms with Crippen LogP contribution in [0.25, 0.3) is 0 Å². The summed E-state index contributed by atoms with van der Waals surface area (Å²) in [7, 11) is 0. The van der Waals surface area contributed by atoms with Gasteiger partial charge < -0.3 is 10.2 Å². The molecule has 2 nitrogen and oxygen atoms in total. The summed E-state index contributed by atoms with van der Waals surface area (Å²) < 4.78 is 0. The first kappa shape index (κ1) is 18.9. The van der Waals surface area contributed by atoms with Crippen molar-refractivity contribution in [2.75, 3.05) is 0 Å². The SMILES string of the molecule is CCCC(O)CCCCCCCCCCCC(C)O. The Morgan fingerprint density at radius 1 is 0.632 bits per heavy atom. The quantitative estimate of drug-likeness (QED) is 0.445. The van der Waals surface area contributed by atoms with E-state index in [2.05, 4.69) is 6.92 Å². The van der Waals surface area contributed by atoms with Crippen LogP contribution in [0.4, 0.5) is 0 Å². The Kier molecular flexibility index (Phi) is 14.3. The molecule has 2 N–H and O–H groups in total. The van der Waals surface area contributed by atoms with Gasteiger partial charge in [0, 0.05) is 0 Å². The van der Waals surface area contributed by atoms with Crippen LogP contribution >= 0.6 is 0 Å². The second-order valence-corrected chi connectivity index (χ2v) is 6.05. The number of hydrogen-bond acceptors (Lipinski definition) is 2. The van der Waals surface area contributed by atoms with Crippen molar-refractivity contribution in [1.29, 1.82) is 0 Å². The third-order valence-electron chi connectivity index (χ3n) is 3.78. The Morgan fingerprint density at radius 2 is 1.05 bits per heavy atom. The van der Waals surface area contributed by atoms with Crippen LogP contribution in [-0.2, 0) is 0 Å². The lowest BCUT2D eigenvalue weighted by atomic mass is 10.0. The molecule has 0 fully saturated rings. The van der Waals surface area contributed by atoms with Crippen LogP contribution in [0.2, 0.25) is 0 Å². The summed E-state index contributed by atoms with van der Waals surface area (Å²) >= 11 is 0. The molecule has 116 valence electrons. The summed E-state index contributed by atoms with van der Waals surface area (Å²) in [6, 6.07) is 0. The van der Waals surface area contributed by atoms with Crippen LogP contribution in [0.15, 0.2) is 0 Å². The summed E-state index contributed by atoms with van der Waals surface area (Å²) in [5.41, 5.74) is 0. The maximum Gasteiger partial charge on any atom is 0.0540 e. The van der Waals surface area contributed by atoms with E-state index in [9.17, 15) is 5.11 Å². The standard InChI is InChI=1S/C17H36O2/c1-3-13-17(19)15-12-10-8-6-4-5-7-9-11-14-16(2)18/h16-19H,3-15H2,1-2H3. The van der Waals surface area contributed by atoms with Crippen LogP contribution in [0.1, 0.15) is 97.3 Å². The van der Waals surface area contributed by atoms with Crippen molar-refractivity contribution in [1.82, 2.24) is 0 Å². The number of hydrogen-bond donors (Lipinski definition) is 2. The van der Waals surface area contributed by atoms with Gasteiger partial charge in [0.25, 0.3) is 0 Å². The molecule has 0 aliphatic rings. The fraction of sp³-hybridized carbons (Fsp3) is 1.00. The van der Waals surface area contributed by atoms with Gasteiger partial charge in [-0.2, -0.15) is 0 Å². The Morgan fingerprint density at radius 3 is 1.47 bits per heavy atom. The highest BCUT2D eigenvalue weighted by molar-refractivity contribution is 4.55. The average molecular weight is 272 g/mol. The van der Waals surface area contributed by atoms with Crippen LogP contribution in [0.3, 0.4) is 0 Å². The Balaban J connectivity index is 3.03. The van der Waals surface area contributed by atoms with Crippen LogP contribution in [0.5, 0.6) is 0 Å². The summed E-state index contributed by atoms with van der Waals surface area (Å²) in [5, 5.41) is 18.7. The predicted molar refractivity (Wildman–Crippen MR) is 83.4 cm³/mol. The van der Waals surface area contributed by atoms with Gasteiger partial charge in [-0.15, -0.1) is 0 Å². The molecule has 0 amide bonds. The van der Waals surface area contributed by atoms with Crippen molar-refractivity contribution in [3.8, 4) is 0 Å². The molecule has 0 radical (unpaired) electrons. The molecule has 0 aliphatic heterocycles. The molecule has 2 unspecified atom stereocenters. The van der Waals surface area contributed by atoms with Crippen molar-refractivity contribution >= 4 is 0 Å². The first-order valence-electron chi connectivity index (χ1n) is 8.53. The third-order valence-corrected chi connectivity index (χ3v) is 3.78. The molecule has 0 saturated carbocycles. The molecule has 0 heterocycles. The first-order valence-corrected chi connectivity index (χ1v) is 8.53. The van der Waals surface area contributed by atoms with E-state index in [0.29, 0.717) is 0 Å². The minimum atomic E-state index is -0.122. The monoisotopic (exact) mass is 272 g/mol. The topological polar surface area (TPSA) is 40.5 Å². The van der Waals surface area contributed by atoms with Gasteiger partial charge in [-0.25, -0.2) is 0 Å². The zero-order valence-electron chi connectivity index (χ0n) is 13.2. The lowest BCUT2D eigenvalue weighted by Gasteiger charge is -2.08. The van der Waals surface area contributed by atoms with Gasteiger partial charge in [-0.3, -0.25) is 0 Å². The number of unbranched alkanes of at least 4 members (excludes halogenated alkanes) is 8. The zero-order valence-corrected chi connectivity index (χ0v) is 13.2. The molecule has 0 saturated heterocycles. The van der Waals surface area contributed by atoms with Gasteiger partial charge in [0.15, 0.2) is 0 Å². The molecule has 19 heavy (non-hydrogen) atoms. The van der Waals surface area contributed by atoms with E-state index in [0.717, 1.165) is 25.7 Å². The summed E-state index contributed by atoms with van der Waals surface area (Å²) in [6.07, 6.45) is 15.4. The summed E-state index contributed by atoms with van der Waals surface area (Å²) in [4.78, 5) is 0. The highest BCUT2D eigenvalue weighted by Gasteiger charge is 2.01. The minimum absolute atomic E-state index is 0.0566. The number of aliphatic hydroxyl groups excluding tert-OH is 2. The minimum Gasteiger partial charge on any atom is -0.393 e. The van der Waals surface area contributed by atoms with Crippen molar-refractivity contribution in [2.45, 2.75) is 110 Å². The van der Waals surface area contributed by atoms with E-state index in [1.807, 2.05) is 6.92 Å². The van der Waals surface area contributed by atoms with Gasteiger partial charge in [-0.1, -0.05) is 71.1 Å². The molecule has 0 bridgehead atoms. The van der Waals surface area contributed by atoms with Gasteiger partial charge in [-0.05, 0) is 26.2 Å². The molecule has 0 aliphatic carbocycles. The second-order valence-electron chi connectivity index (χ2n) is 6.05. The maximum atomic E-state index is 9.59. The summed E-state index contributed by atoms with van der Waals surface area (Å²) in [5.74, 6) is 0. The highest BCUT2D eigenvalue weighted by atomic mass is 16.3. The molecule has 0 aromatic rings. The normalized spacial score (nSPS) is 14.5. The van der Waals surface area contributed by atoms with Gasteiger partial charge >= 0.3 is 0 Å². The van der Waals surface area contributed by atoms with Gasteiger partial charge in [0.2, 0.25) is 0 Å². The van der Waals surface area contributed by atoms with Crippen molar-refractivity contribution in [3.63, 3.8) is 0 Å². The van der Waals surface area contributed by atoms with E-state index in [-0.39, 0.29) is 12.2 Å². The predicted octanol–water partition coefficient (Wildman–Crippen LogP) is 4.82. The van der Waals surface area contributed by atoms with E-state index in [1.54, 1.807) is 0 Å². The molecule has 0 rings (SSSR count). The Labute approximate surface area is 120 Å². The van der Waals surface area contributed by atoms with Crippen molar-refractivity contribution in [2.24, 2.45) is 0 Å². The molecule has 2 atom stereocenters. The molecule has 2 heteroatoms. The van der Waals surface area contributed by atoms with Crippen molar-refractivity contribution < 1.29 is 10.2 Å². The first-order chi connectivity index (χ1) is 9.16. The third kappa shape index (κ3) is 15.9. The number of rotatable bonds is 14. The zero-order chi connectivity index (χ0) is 14.3. The largest absolute Gasteiger partial charge is 0.393 e. The van der Waals surface area contributed by atoms with Crippen LogP contribution in [0, 0.1) is 0 Å². The van der Waals surface area contributed by atoms with Crippen LogP contribution in [-0.4, -0.2) is 22.4 Å². The van der Waals surface area contributed by atoms with E-state index >= 15 is 0 Å². The molecule has 0 aromatic carbocycles. The molecular formula is C17H36O2. The lowest BCUT2D eigenvalue weighted by Crippen LogP contribution is -2.04.